The van der Waals surface area contributed by atoms with E-state index in [0.717, 1.165) is 16.7 Å². The van der Waals surface area contributed by atoms with Crippen molar-refractivity contribution in [1.29, 1.82) is 0 Å². The maximum atomic E-state index is 13.1. The first-order chi connectivity index (χ1) is 12.9. The summed E-state index contributed by atoms with van der Waals surface area (Å²) in [6, 6.07) is 3.67. The second-order valence-corrected chi connectivity index (χ2v) is 10.8. The molecule has 2 saturated carbocycles. The third-order valence-corrected chi connectivity index (χ3v) is 9.12. The van der Waals surface area contributed by atoms with E-state index in [2.05, 4.69) is 0 Å². The van der Waals surface area contributed by atoms with Crippen molar-refractivity contribution in [2.24, 2.45) is 11.8 Å². The van der Waals surface area contributed by atoms with Crippen LogP contribution in [0.4, 0.5) is 17.6 Å². The normalized spacial score (nSPS) is 21.3. The number of carbonyl (C=O) groups is 2. The summed E-state index contributed by atoms with van der Waals surface area (Å²) in [6.45, 7) is 5.43. The van der Waals surface area contributed by atoms with Crippen LogP contribution in [0, 0.1) is 36.2 Å². The zero-order chi connectivity index (χ0) is 20.9. The first-order valence-electron chi connectivity index (χ1n) is 8.85. The fourth-order valence-corrected chi connectivity index (χ4v) is 7.16. The second-order valence-electron chi connectivity index (χ2n) is 7.64. The Morgan fingerprint density at radius 3 is 1.54 bits per heavy atom. The Morgan fingerprint density at radius 2 is 1.21 bits per heavy atom. The molecule has 0 aromatic heterocycles. The van der Waals surface area contributed by atoms with Gasteiger partial charge in [0, 0.05) is 0 Å². The van der Waals surface area contributed by atoms with Gasteiger partial charge in [-0.05, 0) is 0 Å². The zero-order valence-electron chi connectivity index (χ0n) is 15.7. The number of halogens is 5. The van der Waals surface area contributed by atoms with Crippen LogP contribution in [0.2, 0.25) is 0 Å². The molecule has 1 aromatic carbocycles. The van der Waals surface area contributed by atoms with E-state index in [9.17, 15) is 27.2 Å². The van der Waals surface area contributed by atoms with E-state index < -0.39 is 82.0 Å². The van der Waals surface area contributed by atoms with Crippen molar-refractivity contribution in [1.82, 2.24) is 0 Å². The fourth-order valence-electron chi connectivity index (χ4n) is 3.42. The van der Waals surface area contributed by atoms with Crippen molar-refractivity contribution in [2.75, 3.05) is 0 Å². The second kappa shape index (κ2) is 7.46. The van der Waals surface area contributed by atoms with E-state index in [1.807, 2.05) is 19.1 Å². The van der Waals surface area contributed by atoms with Gasteiger partial charge in [0.1, 0.15) is 0 Å². The minimum absolute atomic E-state index is 0.577. The third kappa shape index (κ3) is 4.60. The number of aryl methyl sites for hydroxylation is 3. The molecule has 0 N–H and O–H groups in total. The molecule has 2 aliphatic carbocycles. The summed E-state index contributed by atoms with van der Waals surface area (Å²) in [5, 5.41) is 0. The van der Waals surface area contributed by atoms with E-state index in [0.29, 0.717) is 3.57 Å². The summed E-state index contributed by atoms with van der Waals surface area (Å²) in [6.07, 6.45) is -2.37. The third-order valence-electron chi connectivity index (χ3n) is 4.87. The molecule has 9 heteroatoms. The van der Waals surface area contributed by atoms with Gasteiger partial charge in [-0.2, -0.15) is 0 Å². The van der Waals surface area contributed by atoms with Crippen LogP contribution in [0.15, 0.2) is 12.1 Å². The molecule has 0 amide bonds. The van der Waals surface area contributed by atoms with Crippen molar-refractivity contribution in [3.63, 3.8) is 0 Å². The molecule has 2 aliphatic rings. The number of carbonyl (C=O) groups excluding carboxylic acids is 2. The summed E-state index contributed by atoms with van der Waals surface area (Å²) in [5.41, 5.74) is 2.46. The molecule has 0 radical (unpaired) electrons. The fraction of sp³-hybridized carbons (Fsp3) is 0.579. The van der Waals surface area contributed by atoms with E-state index in [1.54, 1.807) is 13.8 Å². The monoisotopic (exact) mass is 516 g/mol. The predicted molar refractivity (Wildman–Crippen MR) is 101 cm³/mol. The summed E-state index contributed by atoms with van der Waals surface area (Å²) in [5.74, 6) is -9.27. The Hall–Kier alpha value is -1.39. The number of benzene rings is 1. The summed E-state index contributed by atoms with van der Waals surface area (Å²) >= 11 is -3.37. The molecule has 0 unspecified atom stereocenters. The Labute approximate surface area is 168 Å². The maximum absolute atomic E-state index is 13.1. The van der Waals surface area contributed by atoms with Crippen LogP contribution in [0.25, 0.3) is 0 Å². The van der Waals surface area contributed by atoms with Crippen LogP contribution in [-0.4, -0.2) is 23.8 Å². The Balaban J connectivity index is 1.78. The van der Waals surface area contributed by atoms with Crippen LogP contribution >= 0.6 is 20.6 Å². The quantitative estimate of drug-likeness (QED) is 0.394. The minimum atomic E-state index is -3.37. The number of hydrogen-bond donors (Lipinski definition) is 0. The van der Waals surface area contributed by atoms with Gasteiger partial charge in [-0.3, -0.25) is 0 Å². The van der Waals surface area contributed by atoms with E-state index in [-0.39, 0.29) is 0 Å². The van der Waals surface area contributed by atoms with Gasteiger partial charge in [-0.1, -0.05) is 0 Å². The summed E-state index contributed by atoms with van der Waals surface area (Å²) in [4.78, 5) is 24.6. The van der Waals surface area contributed by atoms with Crippen LogP contribution < -0.4 is 0 Å². The molecule has 0 saturated heterocycles. The molecule has 2 fully saturated rings. The number of hydrogen-bond acceptors (Lipinski definition) is 4. The molecule has 0 spiro atoms. The van der Waals surface area contributed by atoms with Crippen LogP contribution in [-0.2, 0) is 15.7 Å². The van der Waals surface area contributed by atoms with Crippen LogP contribution in [0.5, 0.6) is 0 Å². The van der Waals surface area contributed by atoms with Gasteiger partial charge in [-0.15, -0.1) is 0 Å². The molecular weight excluding hydrogens is 495 g/mol. The molecule has 0 aliphatic heterocycles. The first-order valence-corrected chi connectivity index (χ1v) is 11.7. The SMILES string of the molecule is Cc1cc(C)c(I(OC(=O)C2CC(F)(F)C2)OC(=O)C2CC(F)(F)C2)c(C)c1. The zero-order valence-corrected chi connectivity index (χ0v) is 17.8. The average molecular weight is 516 g/mol. The van der Waals surface area contributed by atoms with Gasteiger partial charge in [-0.25, -0.2) is 0 Å². The van der Waals surface area contributed by atoms with Gasteiger partial charge < -0.3 is 0 Å². The first kappa shape index (κ1) is 21.3. The molecule has 1 aromatic rings. The average Bonchev–Trinajstić information content (AvgIpc) is 2.48. The Bertz CT molecular complexity index is 734. The molecule has 0 heterocycles. The molecule has 0 bridgehead atoms. The predicted octanol–water partition coefficient (Wildman–Crippen LogP) is 5.29. The van der Waals surface area contributed by atoms with Gasteiger partial charge in [0.2, 0.25) is 0 Å². The standard InChI is InChI=1S/C19H21F4IO4/c1-10-4-11(2)15(12(3)5-10)24(27-16(25)13-6-18(20,21)7-13)28-17(26)14-8-19(22,23)9-14/h4-5,13-14H,6-9H2,1-3H3. The Morgan fingerprint density at radius 1 is 0.857 bits per heavy atom. The molecule has 28 heavy (non-hydrogen) atoms. The van der Waals surface area contributed by atoms with E-state index in [4.69, 9.17) is 6.13 Å². The molecule has 156 valence electrons. The van der Waals surface area contributed by atoms with Gasteiger partial charge in [0.05, 0.1) is 0 Å². The van der Waals surface area contributed by atoms with Crippen molar-refractivity contribution >= 4 is 32.6 Å². The number of alkyl halides is 4. The van der Waals surface area contributed by atoms with E-state index >= 15 is 0 Å². The number of rotatable bonds is 5. The molecule has 4 nitrogen and oxygen atoms in total. The van der Waals surface area contributed by atoms with Crippen LogP contribution in [0.3, 0.4) is 0 Å². The van der Waals surface area contributed by atoms with Crippen LogP contribution in [0.1, 0.15) is 42.4 Å². The van der Waals surface area contributed by atoms with Gasteiger partial charge in [0.25, 0.3) is 0 Å². The van der Waals surface area contributed by atoms with Gasteiger partial charge in [0.15, 0.2) is 0 Å². The topological polar surface area (TPSA) is 52.6 Å². The van der Waals surface area contributed by atoms with E-state index in [1.165, 1.54) is 0 Å². The van der Waals surface area contributed by atoms with Crippen molar-refractivity contribution < 1.29 is 33.3 Å². The molecule has 3 rings (SSSR count). The summed E-state index contributed by atoms with van der Waals surface area (Å²) in [7, 11) is 0. The van der Waals surface area contributed by atoms with Gasteiger partial charge >= 0.3 is 168 Å². The molecule has 0 atom stereocenters. The van der Waals surface area contributed by atoms with Crippen molar-refractivity contribution in [3.8, 4) is 0 Å². The van der Waals surface area contributed by atoms with Crippen molar-refractivity contribution in [2.45, 2.75) is 58.3 Å². The molecular formula is C19H21F4IO4. The van der Waals surface area contributed by atoms with Crippen molar-refractivity contribution in [3.05, 3.63) is 32.4 Å². The Kier molecular flexibility index (Phi) is 5.68. The summed E-state index contributed by atoms with van der Waals surface area (Å²) < 4.78 is 63.7.